The second kappa shape index (κ2) is 7.56. The maximum absolute atomic E-state index is 5.93. The van der Waals surface area contributed by atoms with Crippen LogP contribution >= 0.6 is 0 Å². The first-order chi connectivity index (χ1) is 10.8. The molecule has 1 aliphatic heterocycles. The fourth-order valence-electron chi connectivity index (χ4n) is 2.99. The summed E-state index contributed by atoms with van der Waals surface area (Å²) in [7, 11) is 0. The van der Waals surface area contributed by atoms with Gasteiger partial charge < -0.3 is 4.74 Å². The molecule has 4 heteroatoms. The Bertz CT molecular complexity index is 567. The standard InChI is InChI=1S/C18H25N3O/c1-2-21-14-17(12-19-21)13-20-10-11-22-18(15-20)9-8-16-6-4-3-5-7-16/h3-7,12,14,18H,2,8-11,13,15H2,1H3/t18-/m1/s1. The number of hydrogen-bond donors (Lipinski definition) is 0. The van der Waals surface area contributed by atoms with E-state index >= 15 is 0 Å². The maximum Gasteiger partial charge on any atom is 0.0705 e. The van der Waals surface area contributed by atoms with E-state index in [9.17, 15) is 0 Å². The molecule has 22 heavy (non-hydrogen) atoms. The number of morpholine rings is 1. The molecule has 2 aromatic rings. The van der Waals surface area contributed by atoms with Crippen molar-refractivity contribution in [1.82, 2.24) is 14.7 Å². The normalized spacial score (nSPS) is 19.4. The highest BCUT2D eigenvalue weighted by Gasteiger charge is 2.20. The summed E-state index contributed by atoms with van der Waals surface area (Å²) in [5.74, 6) is 0. The predicted octanol–water partition coefficient (Wildman–Crippen LogP) is 2.74. The van der Waals surface area contributed by atoms with E-state index in [0.717, 1.165) is 45.6 Å². The highest BCUT2D eigenvalue weighted by atomic mass is 16.5. The molecule has 3 rings (SSSR count). The molecule has 0 saturated carbocycles. The highest BCUT2D eigenvalue weighted by Crippen LogP contribution is 2.14. The number of nitrogens with zero attached hydrogens (tertiary/aromatic N) is 3. The second-order valence-corrected chi connectivity index (χ2v) is 5.96. The van der Waals surface area contributed by atoms with Crippen LogP contribution in [0.3, 0.4) is 0 Å². The van der Waals surface area contributed by atoms with Gasteiger partial charge in [0.1, 0.15) is 0 Å². The third-order valence-corrected chi connectivity index (χ3v) is 4.24. The van der Waals surface area contributed by atoms with Crippen LogP contribution in [0.2, 0.25) is 0 Å². The Morgan fingerprint density at radius 3 is 2.86 bits per heavy atom. The van der Waals surface area contributed by atoms with Crippen molar-refractivity contribution >= 4 is 0 Å². The van der Waals surface area contributed by atoms with E-state index in [2.05, 4.69) is 53.5 Å². The van der Waals surface area contributed by atoms with Gasteiger partial charge in [0.2, 0.25) is 0 Å². The molecule has 0 radical (unpaired) electrons. The van der Waals surface area contributed by atoms with Gasteiger partial charge in [-0.25, -0.2) is 0 Å². The molecule has 1 saturated heterocycles. The van der Waals surface area contributed by atoms with Crippen molar-refractivity contribution < 1.29 is 4.74 Å². The van der Waals surface area contributed by atoms with Crippen LogP contribution in [0.5, 0.6) is 0 Å². The number of benzene rings is 1. The SMILES string of the molecule is CCn1cc(CN2CCO[C@H](CCc3ccccc3)C2)cn1. The third kappa shape index (κ3) is 4.18. The molecule has 0 unspecified atom stereocenters. The zero-order valence-corrected chi connectivity index (χ0v) is 13.3. The van der Waals surface area contributed by atoms with Gasteiger partial charge in [-0.2, -0.15) is 5.10 Å². The summed E-state index contributed by atoms with van der Waals surface area (Å²) in [6.45, 7) is 6.89. The van der Waals surface area contributed by atoms with E-state index in [1.165, 1.54) is 11.1 Å². The van der Waals surface area contributed by atoms with Crippen LogP contribution in [0.1, 0.15) is 24.5 Å². The Balaban J connectivity index is 1.48. The summed E-state index contributed by atoms with van der Waals surface area (Å²) in [6.07, 6.45) is 6.66. The third-order valence-electron chi connectivity index (χ3n) is 4.24. The van der Waals surface area contributed by atoms with Gasteiger partial charge in [0.15, 0.2) is 0 Å². The molecule has 0 spiro atoms. The average Bonchev–Trinajstić information content (AvgIpc) is 3.02. The summed E-state index contributed by atoms with van der Waals surface area (Å²) in [4.78, 5) is 2.48. The maximum atomic E-state index is 5.93. The van der Waals surface area contributed by atoms with Crippen molar-refractivity contribution in [3.8, 4) is 0 Å². The Hall–Kier alpha value is -1.65. The number of aryl methyl sites for hydroxylation is 2. The zero-order valence-electron chi connectivity index (χ0n) is 13.3. The molecule has 0 N–H and O–H groups in total. The van der Waals surface area contributed by atoms with Crippen molar-refractivity contribution in [2.45, 2.75) is 39.0 Å². The van der Waals surface area contributed by atoms with Gasteiger partial charge in [0.05, 0.1) is 18.9 Å². The van der Waals surface area contributed by atoms with Crippen LogP contribution < -0.4 is 0 Å². The average molecular weight is 299 g/mol. The molecule has 1 atom stereocenters. The van der Waals surface area contributed by atoms with E-state index in [1.54, 1.807) is 0 Å². The lowest BCUT2D eigenvalue weighted by atomic mass is 10.1. The minimum Gasteiger partial charge on any atom is -0.376 e. The van der Waals surface area contributed by atoms with Gasteiger partial charge in [-0.15, -0.1) is 0 Å². The smallest absolute Gasteiger partial charge is 0.0705 e. The van der Waals surface area contributed by atoms with Gasteiger partial charge in [-0.1, -0.05) is 30.3 Å². The fraction of sp³-hybridized carbons (Fsp3) is 0.500. The van der Waals surface area contributed by atoms with Crippen molar-refractivity contribution in [2.24, 2.45) is 0 Å². The van der Waals surface area contributed by atoms with Gasteiger partial charge in [0, 0.05) is 37.9 Å². The fourth-order valence-corrected chi connectivity index (χ4v) is 2.99. The quantitative estimate of drug-likeness (QED) is 0.821. The second-order valence-electron chi connectivity index (χ2n) is 5.96. The largest absolute Gasteiger partial charge is 0.376 e. The zero-order chi connectivity index (χ0) is 15.2. The van der Waals surface area contributed by atoms with Gasteiger partial charge in [0.25, 0.3) is 0 Å². The lowest BCUT2D eigenvalue weighted by Crippen LogP contribution is -2.42. The van der Waals surface area contributed by atoms with Gasteiger partial charge >= 0.3 is 0 Å². The highest BCUT2D eigenvalue weighted by molar-refractivity contribution is 5.14. The van der Waals surface area contributed by atoms with E-state index in [1.807, 2.05) is 10.9 Å². The van der Waals surface area contributed by atoms with E-state index < -0.39 is 0 Å². The first-order valence-corrected chi connectivity index (χ1v) is 8.22. The molecule has 4 nitrogen and oxygen atoms in total. The molecule has 118 valence electrons. The van der Waals surface area contributed by atoms with Crippen LogP contribution in [0.4, 0.5) is 0 Å². The van der Waals surface area contributed by atoms with Crippen molar-refractivity contribution in [3.05, 3.63) is 53.9 Å². The minimum atomic E-state index is 0.343. The molecule has 0 aliphatic carbocycles. The molecule has 0 amide bonds. The van der Waals surface area contributed by atoms with Crippen molar-refractivity contribution in [1.29, 1.82) is 0 Å². The summed E-state index contributed by atoms with van der Waals surface area (Å²) >= 11 is 0. The summed E-state index contributed by atoms with van der Waals surface area (Å²) < 4.78 is 7.92. The van der Waals surface area contributed by atoms with Crippen molar-refractivity contribution in [2.75, 3.05) is 19.7 Å². The summed E-state index contributed by atoms with van der Waals surface area (Å²) in [5, 5.41) is 4.35. The Morgan fingerprint density at radius 1 is 1.23 bits per heavy atom. The number of aromatic nitrogens is 2. The molecule has 2 heterocycles. The number of rotatable bonds is 6. The Kier molecular flexibility index (Phi) is 5.24. The first kappa shape index (κ1) is 15.3. The lowest BCUT2D eigenvalue weighted by Gasteiger charge is -2.32. The molecular formula is C18H25N3O. The van der Waals surface area contributed by atoms with Crippen molar-refractivity contribution in [3.63, 3.8) is 0 Å². The Morgan fingerprint density at radius 2 is 2.09 bits per heavy atom. The van der Waals surface area contributed by atoms with Crippen LogP contribution in [0.25, 0.3) is 0 Å². The Labute approximate surface area is 132 Å². The predicted molar refractivity (Wildman–Crippen MR) is 87.7 cm³/mol. The molecule has 1 fully saturated rings. The van der Waals surface area contributed by atoms with Crippen LogP contribution in [-0.4, -0.2) is 40.5 Å². The lowest BCUT2D eigenvalue weighted by molar-refractivity contribution is -0.0345. The van der Waals surface area contributed by atoms with Crippen LogP contribution in [0, 0.1) is 0 Å². The summed E-state index contributed by atoms with van der Waals surface area (Å²) in [5.41, 5.74) is 2.69. The van der Waals surface area contributed by atoms with E-state index in [-0.39, 0.29) is 0 Å². The van der Waals surface area contributed by atoms with Crippen LogP contribution in [0.15, 0.2) is 42.7 Å². The minimum absolute atomic E-state index is 0.343. The van der Waals surface area contributed by atoms with Gasteiger partial charge in [-0.3, -0.25) is 9.58 Å². The first-order valence-electron chi connectivity index (χ1n) is 8.22. The van der Waals surface area contributed by atoms with E-state index in [4.69, 9.17) is 4.74 Å². The topological polar surface area (TPSA) is 30.3 Å². The van der Waals surface area contributed by atoms with Gasteiger partial charge in [-0.05, 0) is 25.3 Å². The van der Waals surface area contributed by atoms with Crippen LogP contribution in [-0.2, 0) is 24.2 Å². The van der Waals surface area contributed by atoms with E-state index in [0.29, 0.717) is 6.10 Å². The number of ether oxygens (including phenoxy) is 1. The molecular weight excluding hydrogens is 274 g/mol. The number of hydrogen-bond acceptors (Lipinski definition) is 3. The summed E-state index contributed by atoms with van der Waals surface area (Å²) in [6, 6.07) is 10.7. The molecule has 1 aliphatic rings. The molecule has 1 aromatic heterocycles. The molecule has 1 aromatic carbocycles. The monoisotopic (exact) mass is 299 g/mol. The molecule has 0 bridgehead atoms.